The normalized spacial score (nSPS) is 12.2. The molecule has 4 heteroatoms. The Balaban J connectivity index is 2.04. The van der Waals surface area contributed by atoms with E-state index < -0.39 is 0 Å². The second-order valence-corrected chi connectivity index (χ2v) is 4.40. The van der Waals surface area contributed by atoms with E-state index in [1.54, 1.807) is 7.11 Å². The lowest BCUT2D eigenvalue weighted by Gasteiger charge is -2.11. The first-order chi connectivity index (χ1) is 9.26. The third-order valence-electron chi connectivity index (χ3n) is 2.89. The molecule has 0 aromatic heterocycles. The van der Waals surface area contributed by atoms with Crippen molar-refractivity contribution < 1.29 is 14.2 Å². The van der Waals surface area contributed by atoms with E-state index in [9.17, 15) is 0 Å². The van der Waals surface area contributed by atoms with Gasteiger partial charge in [0.05, 0.1) is 20.3 Å². The van der Waals surface area contributed by atoms with Crippen LogP contribution in [0.25, 0.3) is 0 Å². The Morgan fingerprint density at radius 1 is 1.16 bits per heavy atom. The minimum Gasteiger partial charge on any atom is -0.497 e. The lowest BCUT2D eigenvalue weighted by atomic mass is 10.3. The molecule has 0 aliphatic rings. The Labute approximate surface area is 116 Å². The van der Waals surface area contributed by atoms with Crippen LogP contribution in [0.4, 0.5) is 0 Å². The van der Waals surface area contributed by atoms with Crippen LogP contribution in [0.1, 0.15) is 20.3 Å². The van der Waals surface area contributed by atoms with Gasteiger partial charge in [-0.25, -0.2) is 0 Å². The Morgan fingerprint density at radius 2 is 1.95 bits per heavy atom. The van der Waals surface area contributed by atoms with E-state index in [0.29, 0.717) is 25.9 Å². The predicted molar refractivity (Wildman–Crippen MR) is 77.1 cm³/mol. The Morgan fingerprint density at radius 3 is 2.68 bits per heavy atom. The zero-order chi connectivity index (χ0) is 13.9. The van der Waals surface area contributed by atoms with Gasteiger partial charge in [-0.1, -0.05) is 13.0 Å². The van der Waals surface area contributed by atoms with Gasteiger partial charge in [0.15, 0.2) is 0 Å². The molecule has 108 valence electrons. The van der Waals surface area contributed by atoms with Gasteiger partial charge >= 0.3 is 0 Å². The number of hydrogen-bond donors (Lipinski definition) is 1. The van der Waals surface area contributed by atoms with Gasteiger partial charge in [0, 0.05) is 18.7 Å². The first-order valence-electron chi connectivity index (χ1n) is 6.84. The molecule has 1 N–H and O–H groups in total. The molecule has 0 unspecified atom stereocenters. The summed E-state index contributed by atoms with van der Waals surface area (Å²) in [5.74, 6) is 1.61. The lowest BCUT2D eigenvalue weighted by Crippen LogP contribution is -2.29. The number of methoxy groups -OCH3 is 1. The molecular weight excluding hydrogens is 242 g/mol. The van der Waals surface area contributed by atoms with Crippen LogP contribution < -0.4 is 14.8 Å². The number of benzene rings is 1. The molecule has 0 saturated carbocycles. The topological polar surface area (TPSA) is 39.7 Å². The van der Waals surface area contributed by atoms with Crippen LogP contribution in [0.2, 0.25) is 0 Å². The molecule has 0 fully saturated rings. The molecule has 1 rings (SSSR count). The van der Waals surface area contributed by atoms with Gasteiger partial charge in [-0.05, 0) is 25.5 Å². The highest BCUT2D eigenvalue weighted by molar-refractivity contribution is 5.32. The van der Waals surface area contributed by atoms with Gasteiger partial charge in [-0.3, -0.25) is 0 Å². The zero-order valence-electron chi connectivity index (χ0n) is 12.1. The largest absolute Gasteiger partial charge is 0.497 e. The van der Waals surface area contributed by atoms with Crippen LogP contribution in [-0.2, 0) is 4.74 Å². The van der Waals surface area contributed by atoms with Gasteiger partial charge < -0.3 is 19.5 Å². The van der Waals surface area contributed by atoms with Crippen molar-refractivity contribution in [2.24, 2.45) is 0 Å². The summed E-state index contributed by atoms with van der Waals surface area (Å²) in [5.41, 5.74) is 0. The van der Waals surface area contributed by atoms with E-state index >= 15 is 0 Å². The molecule has 0 bridgehead atoms. The van der Waals surface area contributed by atoms with Gasteiger partial charge in [0.2, 0.25) is 0 Å². The van der Waals surface area contributed by atoms with E-state index in [4.69, 9.17) is 14.2 Å². The smallest absolute Gasteiger partial charge is 0.123 e. The van der Waals surface area contributed by atoms with Crippen molar-refractivity contribution in [2.75, 3.05) is 33.5 Å². The van der Waals surface area contributed by atoms with E-state index in [1.165, 1.54) is 0 Å². The fourth-order valence-electron chi connectivity index (χ4n) is 1.53. The van der Waals surface area contributed by atoms with Crippen molar-refractivity contribution in [2.45, 2.75) is 26.3 Å². The third-order valence-corrected chi connectivity index (χ3v) is 2.89. The molecule has 0 aliphatic heterocycles. The second-order valence-electron chi connectivity index (χ2n) is 4.40. The maximum absolute atomic E-state index is 5.57. The standard InChI is InChI=1S/C15H25NO3/c1-4-13(2)16-8-9-18-10-11-19-15-7-5-6-14(12-15)17-3/h5-7,12-13,16H,4,8-11H2,1-3H3/t13-/m1/s1. The third kappa shape index (κ3) is 7.03. The molecule has 0 amide bonds. The fraction of sp³-hybridized carbons (Fsp3) is 0.600. The van der Waals surface area contributed by atoms with Crippen molar-refractivity contribution in [1.29, 1.82) is 0 Å². The van der Waals surface area contributed by atoms with E-state index in [0.717, 1.165) is 24.5 Å². The van der Waals surface area contributed by atoms with Gasteiger partial charge in [-0.2, -0.15) is 0 Å². The van der Waals surface area contributed by atoms with Crippen molar-refractivity contribution >= 4 is 0 Å². The number of rotatable bonds is 10. The fourth-order valence-corrected chi connectivity index (χ4v) is 1.53. The summed E-state index contributed by atoms with van der Waals surface area (Å²) in [6.07, 6.45) is 1.14. The molecule has 19 heavy (non-hydrogen) atoms. The zero-order valence-corrected chi connectivity index (χ0v) is 12.1. The molecular formula is C15H25NO3. The summed E-state index contributed by atoms with van der Waals surface area (Å²) in [4.78, 5) is 0. The number of ether oxygens (including phenoxy) is 3. The van der Waals surface area contributed by atoms with Crippen molar-refractivity contribution in [3.05, 3.63) is 24.3 Å². The Hall–Kier alpha value is -1.26. The molecule has 1 aromatic rings. The van der Waals surface area contributed by atoms with Crippen LogP contribution in [-0.4, -0.2) is 39.5 Å². The van der Waals surface area contributed by atoms with E-state index in [2.05, 4.69) is 19.2 Å². The molecule has 4 nitrogen and oxygen atoms in total. The first kappa shape index (κ1) is 15.8. The summed E-state index contributed by atoms with van der Waals surface area (Å²) in [7, 11) is 1.65. The van der Waals surface area contributed by atoms with Crippen LogP contribution in [0.15, 0.2) is 24.3 Å². The average Bonchev–Trinajstić information content (AvgIpc) is 2.46. The maximum Gasteiger partial charge on any atom is 0.123 e. The minimum absolute atomic E-state index is 0.552. The minimum atomic E-state index is 0.552. The monoisotopic (exact) mass is 267 g/mol. The van der Waals surface area contributed by atoms with Gasteiger partial charge in [0.25, 0.3) is 0 Å². The highest BCUT2D eigenvalue weighted by Crippen LogP contribution is 2.18. The predicted octanol–water partition coefficient (Wildman–Crippen LogP) is 2.48. The number of hydrogen-bond acceptors (Lipinski definition) is 4. The highest BCUT2D eigenvalue weighted by Gasteiger charge is 1.98. The van der Waals surface area contributed by atoms with E-state index in [-0.39, 0.29) is 0 Å². The van der Waals surface area contributed by atoms with Crippen LogP contribution in [0.5, 0.6) is 11.5 Å². The molecule has 1 atom stereocenters. The molecule has 0 saturated heterocycles. The summed E-state index contributed by atoms with van der Waals surface area (Å²) in [6, 6.07) is 8.13. The summed E-state index contributed by atoms with van der Waals surface area (Å²) < 4.78 is 16.2. The first-order valence-corrected chi connectivity index (χ1v) is 6.84. The van der Waals surface area contributed by atoms with Gasteiger partial charge in [0.1, 0.15) is 18.1 Å². The highest BCUT2D eigenvalue weighted by atomic mass is 16.5. The van der Waals surface area contributed by atoms with Crippen molar-refractivity contribution in [3.8, 4) is 11.5 Å². The summed E-state index contributed by atoms with van der Waals surface area (Å²) in [6.45, 7) is 7.09. The maximum atomic E-state index is 5.57. The summed E-state index contributed by atoms with van der Waals surface area (Å²) >= 11 is 0. The van der Waals surface area contributed by atoms with Crippen LogP contribution in [0, 0.1) is 0 Å². The van der Waals surface area contributed by atoms with E-state index in [1.807, 2.05) is 24.3 Å². The molecule has 0 aliphatic carbocycles. The van der Waals surface area contributed by atoms with Crippen LogP contribution in [0.3, 0.4) is 0 Å². The average molecular weight is 267 g/mol. The van der Waals surface area contributed by atoms with Crippen molar-refractivity contribution in [1.82, 2.24) is 5.32 Å². The Kier molecular flexibility index (Phi) is 8.02. The number of nitrogens with one attached hydrogen (secondary N) is 1. The van der Waals surface area contributed by atoms with Crippen molar-refractivity contribution in [3.63, 3.8) is 0 Å². The molecule has 0 radical (unpaired) electrons. The SMILES string of the molecule is CC[C@@H](C)NCCOCCOc1cccc(OC)c1. The van der Waals surface area contributed by atoms with Crippen LogP contribution >= 0.6 is 0 Å². The molecule has 1 aromatic carbocycles. The van der Waals surface area contributed by atoms with Gasteiger partial charge in [-0.15, -0.1) is 0 Å². The lowest BCUT2D eigenvalue weighted by molar-refractivity contribution is 0.100. The second kappa shape index (κ2) is 9.64. The quantitative estimate of drug-likeness (QED) is 0.661. The molecule has 0 heterocycles. The Bertz CT molecular complexity index is 344. The summed E-state index contributed by atoms with van der Waals surface area (Å²) in [5, 5.41) is 3.37. The molecule has 0 spiro atoms.